The van der Waals surface area contributed by atoms with Crippen LogP contribution in [0.2, 0.25) is 0 Å². The zero-order valence-electron chi connectivity index (χ0n) is 30.4. The third kappa shape index (κ3) is 10.3. The van der Waals surface area contributed by atoms with Gasteiger partial charge in [-0.25, -0.2) is 0 Å². The van der Waals surface area contributed by atoms with E-state index in [9.17, 15) is 13.2 Å². The van der Waals surface area contributed by atoms with Crippen molar-refractivity contribution in [1.82, 2.24) is 4.83 Å². The number of sulfonamides is 1. The van der Waals surface area contributed by atoms with Gasteiger partial charge in [0.1, 0.15) is 0 Å². The number of nitrogens with zero attached hydrogens (tertiary/aromatic N) is 1. The standard InChI is InChI=1S/C42H58N2O4S/c1-5-7-9-11-13-17-30-42(31-18-14-12-10-8-6-2)38-21-16-15-20-36(38)37-29-26-34(32-39(37)42)40(22-19-23-41(45)48-4)43-44-49(46,47)35-27-24-33(3)25-28-35/h15-16,20-21,24-29,32,44H,5-14,17-19,22-23,30-31H2,1-4H3/b43-40+. The first-order chi connectivity index (χ1) is 23.8. The Balaban J connectivity index is 1.72. The second-order valence-corrected chi connectivity index (χ2v) is 15.5. The number of benzene rings is 3. The summed E-state index contributed by atoms with van der Waals surface area (Å²) in [4.78, 5) is 14.7. The number of carbonyl (C=O) groups excluding carboxylic acids is 1. The van der Waals surface area contributed by atoms with E-state index in [1.54, 1.807) is 24.3 Å². The van der Waals surface area contributed by atoms with Crippen molar-refractivity contribution in [2.75, 3.05) is 7.11 Å². The van der Waals surface area contributed by atoms with E-state index >= 15 is 0 Å². The summed E-state index contributed by atoms with van der Waals surface area (Å²) in [6, 6.07) is 22.2. The molecule has 0 unspecified atom stereocenters. The fourth-order valence-electron chi connectivity index (χ4n) is 7.37. The third-order valence-corrected chi connectivity index (χ3v) is 11.4. The van der Waals surface area contributed by atoms with Crippen LogP contribution in [0.25, 0.3) is 11.1 Å². The van der Waals surface area contributed by atoms with Crippen molar-refractivity contribution in [1.29, 1.82) is 0 Å². The van der Waals surface area contributed by atoms with E-state index in [4.69, 9.17) is 4.74 Å². The molecular weight excluding hydrogens is 629 g/mol. The first kappa shape index (κ1) is 38.4. The van der Waals surface area contributed by atoms with Gasteiger partial charge in [0.05, 0.1) is 17.7 Å². The second-order valence-electron chi connectivity index (χ2n) is 13.8. The van der Waals surface area contributed by atoms with Gasteiger partial charge in [-0.1, -0.05) is 145 Å². The molecule has 3 aromatic carbocycles. The van der Waals surface area contributed by atoms with Crippen LogP contribution in [0, 0.1) is 6.92 Å². The van der Waals surface area contributed by atoms with Crippen LogP contribution in [0.15, 0.2) is 76.7 Å². The summed E-state index contributed by atoms with van der Waals surface area (Å²) >= 11 is 0. The monoisotopic (exact) mass is 686 g/mol. The Morgan fingerprint density at radius 2 is 1.31 bits per heavy atom. The van der Waals surface area contributed by atoms with E-state index < -0.39 is 10.0 Å². The van der Waals surface area contributed by atoms with Crippen LogP contribution in [-0.4, -0.2) is 27.2 Å². The number of hydrazone groups is 1. The fourth-order valence-corrected chi connectivity index (χ4v) is 8.20. The summed E-state index contributed by atoms with van der Waals surface area (Å²) in [6.07, 6.45) is 18.4. The molecule has 7 heteroatoms. The molecule has 0 aliphatic heterocycles. The molecule has 0 radical (unpaired) electrons. The highest BCUT2D eigenvalue weighted by molar-refractivity contribution is 7.89. The van der Waals surface area contributed by atoms with Crippen molar-refractivity contribution in [3.63, 3.8) is 0 Å². The molecule has 0 fully saturated rings. The highest BCUT2D eigenvalue weighted by atomic mass is 32.2. The number of methoxy groups -OCH3 is 1. The minimum Gasteiger partial charge on any atom is -0.469 e. The molecular formula is C42H58N2O4S. The molecule has 6 nitrogen and oxygen atoms in total. The molecule has 49 heavy (non-hydrogen) atoms. The van der Waals surface area contributed by atoms with Crippen LogP contribution >= 0.6 is 0 Å². The van der Waals surface area contributed by atoms with Gasteiger partial charge in [-0.05, 0) is 78.6 Å². The van der Waals surface area contributed by atoms with E-state index in [2.05, 4.69) is 66.2 Å². The summed E-state index contributed by atoms with van der Waals surface area (Å²) in [5, 5.41) is 4.54. The number of carbonyl (C=O) groups is 1. The average Bonchev–Trinajstić information content (AvgIpc) is 3.38. The van der Waals surface area contributed by atoms with Crippen molar-refractivity contribution >= 4 is 21.7 Å². The minimum absolute atomic E-state index is 0.101. The van der Waals surface area contributed by atoms with E-state index in [-0.39, 0.29) is 22.7 Å². The second kappa shape index (κ2) is 19.1. The lowest BCUT2D eigenvalue weighted by atomic mass is 9.70. The Hall–Kier alpha value is -3.45. The minimum atomic E-state index is -3.88. The van der Waals surface area contributed by atoms with Crippen LogP contribution in [-0.2, 0) is 25.0 Å². The molecule has 0 amide bonds. The zero-order valence-corrected chi connectivity index (χ0v) is 31.2. The largest absolute Gasteiger partial charge is 0.469 e. The van der Waals surface area contributed by atoms with Gasteiger partial charge in [0, 0.05) is 11.8 Å². The molecule has 266 valence electrons. The van der Waals surface area contributed by atoms with E-state index in [0.717, 1.165) is 24.0 Å². The molecule has 1 N–H and O–H groups in total. The van der Waals surface area contributed by atoms with Crippen LogP contribution in [0.3, 0.4) is 0 Å². The Labute approximate surface area is 296 Å². The number of unbranched alkanes of at least 4 members (excludes halogenated alkanes) is 10. The van der Waals surface area contributed by atoms with Gasteiger partial charge in [-0.2, -0.15) is 18.4 Å². The van der Waals surface area contributed by atoms with Gasteiger partial charge in [-0.15, -0.1) is 0 Å². The van der Waals surface area contributed by atoms with Gasteiger partial charge in [0.15, 0.2) is 0 Å². The molecule has 0 bridgehead atoms. The van der Waals surface area contributed by atoms with Gasteiger partial charge in [0.2, 0.25) is 0 Å². The lowest BCUT2D eigenvalue weighted by Crippen LogP contribution is -2.26. The van der Waals surface area contributed by atoms with E-state index in [0.29, 0.717) is 18.6 Å². The summed E-state index contributed by atoms with van der Waals surface area (Å²) in [7, 11) is -2.49. The number of rotatable bonds is 22. The van der Waals surface area contributed by atoms with Gasteiger partial charge < -0.3 is 4.74 Å². The Morgan fingerprint density at radius 3 is 1.94 bits per heavy atom. The summed E-state index contributed by atoms with van der Waals surface area (Å²) in [5.41, 5.74) is 7.72. The van der Waals surface area contributed by atoms with Crippen molar-refractivity contribution in [3.8, 4) is 11.1 Å². The molecule has 0 heterocycles. The smallest absolute Gasteiger partial charge is 0.305 e. The molecule has 4 rings (SSSR count). The first-order valence-corrected chi connectivity index (χ1v) is 20.2. The highest BCUT2D eigenvalue weighted by Crippen LogP contribution is 2.54. The average molecular weight is 687 g/mol. The van der Waals surface area contributed by atoms with Crippen molar-refractivity contribution < 1.29 is 17.9 Å². The third-order valence-electron chi connectivity index (χ3n) is 10.2. The topological polar surface area (TPSA) is 84.8 Å². The molecule has 3 aromatic rings. The maximum Gasteiger partial charge on any atom is 0.305 e. The highest BCUT2D eigenvalue weighted by Gasteiger charge is 2.42. The number of nitrogens with one attached hydrogen (secondary N) is 1. The molecule has 0 spiro atoms. The fraction of sp³-hybridized carbons (Fsp3) is 0.524. The molecule has 0 atom stereocenters. The maximum atomic E-state index is 13.3. The maximum absolute atomic E-state index is 13.3. The zero-order chi connectivity index (χ0) is 35.1. The van der Waals surface area contributed by atoms with Crippen LogP contribution in [0.4, 0.5) is 0 Å². The predicted molar refractivity (Wildman–Crippen MR) is 203 cm³/mol. The Bertz CT molecular complexity index is 1610. The number of aryl methyl sites for hydroxylation is 1. The lowest BCUT2D eigenvalue weighted by Gasteiger charge is -2.33. The van der Waals surface area contributed by atoms with Crippen molar-refractivity contribution in [3.05, 3.63) is 89.0 Å². The van der Waals surface area contributed by atoms with E-state index in [1.165, 1.54) is 106 Å². The van der Waals surface area contributed by atoms with Gasteiger partial charge in [0.25, 0.3) is 10.0 Å². The summed E-state index contributed by atoms with van der Waals surface area (Å²) in [6.45, 7) is 6.45. The Kier molecular flexibility index (Phi) is 14.9. The first-order valence-electron chi connectivity index (χ1n) is 18.7. The SMILES string of the molecule is CCCCCCCCC1(CCCCCCCC)c2ccccc2-c2ccc(/C(CCCC(=O)OC)=N/NS(=O)(=O)c3ccc(C)cc3)cc21. The quantitative estimate of drug-likeness (QED) is 0.0493. The molecule has 0 aromatic heterocycles. The van der Waals surface area contributed by atoms with Gasteiger partial charge in [-0.3, -0.25) is 4.79 Å². The molecule has 1 aliphatic carbocycles. The normalized spacial score (nSPS) is 13.6. The Morgan fingerprint density at radius 1 is 0.714 bits per heavy atom. The number of hydrogen-bond acceptors (Lipinski definition) is 5. The van der Waals surface area contributed by atoms with Gasteiger partial charge >= 0.3 is 5.97 Å². The lowest BCUT2D eigenvalue weighted by molar-refractivity contribution is -0.140. The van der Waals surface area contributed by atoms with Crippen molar-refractivity contribution in [2.24, 2.45) is 5.10 Å². The number of fused-ring (bicyclic) bond motifs is 3. The molecule has 0 saturated heterocycles. The van der Waals surface area contributed by atoms with Crippen LogP contribution < -0.4 is 4.83 Å². The number of hydrogen-bond donors (Lipinski definition) is 1. The van der Waals surface area contributed by atoms with Crippen LogP contribution in [0.5, 0.6) is 0 Å². The summed E-state index contributed by atoms with van der Waals surface area (Å²) in [5.74, 6) is -0.291. The predicted octanol–water partition coefficient (Wildman–Crippen LogP) is 10.8. The van der Waals surface area contributed by atoms with Crippen molar-refractivity contribution in [2.45, 2.75) is 140 Å². The summed E-state index contributed by atoms with van der Waals surface area (Å²) < 4.78 is 31.4. The molecule has 0 saturated carbocycles. The van der Waals surface area contributed by atoms with E-state index in [1.807, 2.05) is 6.92 Å². The number of esters is 1. The number of ether oxygens (including phenoxy) is 1. The van der Waals surface area contributed by atoms with Crippen LogP contribution in [0.1, 0.15) is 145 Å². The molecule has 1 aliphatic rings.